The molecule has 0 fully saturated rings. The molecule has 0 radical (unpaired) electrons. The molecule has 0 aromatic rings. The van der Waals surface area contributed by atoms with Crippen molar-refractivity contribution < 1.29 is 4.79 Å². The first kappa shape index (κ1) is 11.8. The lowest BCUT2D eigenvalue weighted by Gasteiger charge is -2.22. The van der Waals surface area contributed by atoms with Crippen LogP contribution in [-0.4, -0.2) is 29.8 Å². The molecule has 0 spiro atoms. The summed E-state index contributed by atoms with van der Waals surface area (Å²) in [5, 5.41) is 0. The number of carbonyl (C=O) groups is 1. The molecule has 12 heavy (non-hydrogen) atoms. The van der Waals surface area contributed by atoms with E-state index in [2.05, 4.69) is 6.92 Å². The summed E-state index contributed by atoms with van der Waals surface area (Å²) in [6.07, 6.45) is 1.01. The van der Waals surface area contributed by atoms with Crippen LogP contribution in [0.2, 0.25) is 0 Å². The highest BCUT2D eigenvalue weighted by Crippen LogP contribution is 2.04. The summed E-state index contributed by atoms with van der Waals surface area (Å²) >= 11 is 5.60. The molecule has 1 unspecified atom stereocenters. The maximum Gasteiger partial charge on any atom is 0.226 e. The smallest absolute Gasteiger partial charge is 0.226 e. The summed E-state index contributed by atoms with van der Waals surface area (Å²) < 4.78 is 0. The lowest BCUT2D eigenvalue weighted by atomic mass is 10.2. The third-order valence-corrected chi connectivity index (χ3v) is 2.30. The van der Waals surface area contributed by atoms with Gasteiger partial charge in [-0.05, 0) is 13.3 Å². The first-order chi connectivity index (χ1) is 5.67. The second-order valence-electron chi connectivity index (χ2n) is 2.97. The lowest BCUT2D eigenvalue weighted by molar-refractivity contribution is -0.134. The Labute approximate surface area is 79.9 Å². The predicted octanol–water partition coefficient (Wildman–Crippen LogP) is 2.12. The molecule has 0 aromatic heterocycles. The van der Waals surface area contributed by atoms with Crippen molar-refractivity contribution in [1.29, 1.82) is 0 Å². The first-order valence-electron chi connectivity index (χ1n) is 4.52. The molecule has 2 nitrogen and oxygen atoms in total. The second-order valence-corrected chi connectivity index (χ2v) is 3.28. The average molecular weight is 192 g/mol. The zero-order valence-corrected chi connectivity index (χ0v) is 8.90. The Bertz CT molecular complexity index is 138. The van der Waals surface area contributed by atoms with Gasteiger partial charge in [0.1, 0.15) is 0 Å². The van der Waals surface area contributed by atoms with Gasteiger partial charge in [0, 0.05) is 24.9 Å². The minimum absolute atomic E-state index is 0.0434. The minimum atomic E-state index is -0.0434. The van der Waals surface area contributed by atoms with Gasteiger partial charge in [0.15, 0.2) is 0 Å². The molecule has 1 atom stereocenters. The molecule has 0 heterocycles. The molecule has 0 aromatic carbocycles. The monoisotopic (exact) mass is 191 g/mol. The summed E-state index contributed by atoms with van der Waals surface area (Å²) in [5.74, 6) is 0.548. The maximum atomic E-state index is 11.5. The number of halogens is 1. The van der Waals surface area contributed by atoms with E-state index in [9.17, 15) is 4.79 Å². The van der Waals surface area contributed by atoms with Crippen molar-refractivity contribution in [1.82, 2.24) is 4.90 Å². The van der Waals surface area contributed by atoms with E-state index >= 15 is 0 Å². The van der Waals surface area contributed by atoms with Gasteiger partial charge in [-0.3, -0.25) is 4.79 Å². The van der Waals surface area contributed by atoms with Crippen LogP contribution in [-0.2, 0) is 4.79 Å². The van der Waals surface area contributed by atoms with E-state index in [0.29, 0.717) is 5.88 Å². The van der Waals surface area contributed by atoms with E-state index in [1.54, 1.807) is 0 Å². The van der Waals surface area contributed by atoms with Crippen molar-refractivity contribution in [3.63, 3.8) is 0 Å². The van der Waals surface area contributed by atoms with Crippen molar-refractivity contribution >= 4 is 17.5 Å². The SMILES string of the molecule is CCCN(CC)C(=O)C(C)CCl. The number of hydrogen-bond donors (Lipinski definition) is 0. The molecule has 0 aliphatic heterocycles. The van der Waals surface area contributed by atoms with Crippen LogP contribution in [0.15, 0.2) is 0 Å². The van der Waals surface area contributed by atoms with Gasteiger partial charge in [-0.25, -0.2) is 0 Å². The van der Waals surface area contributed by atoms with Crippen LogP contribution >= 0.6 is 11.6 Å². The third-order valence-electron chi connectivity index (χ3n) is 1.84. The van der Waals surface area contributed by atoms with Gasteiger partial charge >= 0.3 is 0 Å². The topological polar surface area (TPSA) is 20.3 Å². The Morgan fingerprint density at radius 3 is 2.42 bits per heavy atom. The van der Waals surface area contributed by atoms with Crippen LogP contribution in [0, 0.1) is 5.92 Å². The van der Waals surface area contributed by atoms with Crippen LogP contribution in [0.25, 0.3) is 0 Å². The highest BCUT2D eigenvalue weighted by molar-refractivity contribution is 6.19. The zero-order chi connectivity index (χ0) is 9.56. The fraction of sp³-hybridized carbons (Fsp3) is 0.889. The normalized spacial score (nSPS) is 12.7. The van der Waals surface area contributed by atoms with Crippen molar-refractivity contribution in [2.45, 2.75) is 27.2 Å². The van der Waals surface area contributed by atoms with Gasteiger partial charge in [0.25, 0.3) is 0 Å². The summed E-state index contributed by atoms with van der Waals surface area (Å²) in [7, 11) is 0. The lowest BCUT2D eigenvalue weighted by Crippen LogP contribution is -2.36. The predicted molar refractivity (Wildman–Crippen MR) is 52.4 cm³/mol. The number of hydrogen-bond acceptors (Lipinski definition) is 1. The van der Waals surface area contributed by atoms with E-state index in [0.717, 1.165) is 19.5 Å². The number of carbonyl (C=O) groups excluding carboxylic acids is 1. The number of rotatable bonds is 5. The van der Waals surface area contributed by atoms with E-state index < -0.39 is 0 Å². The van der Waals surface area contributed by atoms with Crippen molar-refractivity contribution in [2.75, 3.05) is 19.0 Å². The van der Waals surface area contributed by atoms with Gasteiger partial charge in [-0.15, -0.1) is 11.6 Å². The summed E-state index contributed by atoms with van der Waals surface area (Å²) in [5.41, 5.74) is 0. The maximum absolute atomic E-state index is 11.5. The first-order valence-corrected chi connectivity index (χ1v) is 5.05. The Kier molecular flexibility index (Phi) is 6.17. The van der Waals surface area contributed by atoms with E-state index in [4.69, 9.17) is 11.6 Å². The van der Waals surface area contributed by atoms with Crippen LogP contribution in [0.4, 0.5) is 0 Å². The molecule has 72 valence electrons. The van der Waals surface area contributed by atoms with Crippen LogP contribution in [0.3, 0.4) is 0 Å². The molecule has 0 saturated heterocycles. The number of amides is 1. The van der Waals surface area contributed by atoms with Crippen LogP contribution in [0.1, 0.15) is 27.2 Å². The Morgan fingerprint density at radius 2 is 2.08 bits per heavy atom. The van der Waals surface area contributed by atoms with Crippen LogP contribution in [0.5, 0.6) is 0 Å². The van der Waals surface area contributed by atoms with Crippen molar-refractivity contribution in [3.8, 4) is 0 Å². The fourth-order valence-corrected chi connectivity index (χ4v) is 1.20. The molecule has 0 saturated carbocycles. The molecule has 3 heteroatoms. The quantitative estimate of drug-likeness (QED) is 0.610. The van der Waals surface area contributed by atoms with Crippen molar-refractivity contribution in [2.24, 2.45) is 5.92 Å². The zero-order valence-electron chi connectivity index (χ0n) is 8.14. The Morgan fingerprint density at radius 1 is 1.50 bits per heavy atom. The Balaban J connectivity index is 4.01. The summed E-state index contributed by atoms with van der Waals surface area (Å²) in [6.45, 7) is 7.56. The highest BCUT2D eigenvalue weighted by atomic mass is 35.5. The Hall–Kier alpha value is -0.240. The molecule has 0 bridgehead atoms. The van der Waals surface area contributed by atoms with E-state index in [1.165, 1.54) is 0 Å². The molecular weight excluding hydrogens is 174 g/mol. The second kappa shape index (κ2) is 6.30. The van der Waals surface area contributed by atoms with Gasteiger partial charge in [-0.1, -0.05) is 13.8 Å². The molecule has 0 rings (SSSR count). The largest absolute Gasteiger partial charge is 0.343 e. The van der Waals surface area contributed by atoms with Crippen molar-refractivity contribution in [3.05, 3.63) is 0 Å². The standard InChI is InChI=1S/C9H18ClNO/c1-4-6-11(5-2)9(12)8(3)7-10/h8H,4-7H2,1-3H3. The summed E-state index contributed by atoms with van der Waals surface area (Å²) in [4.78, 5) is 13.4. The molecular formula is C9H18ClNO. The number of nitrogens with zero attached hydrogens (tertiary/aromatic N) is 1. The van der Waals surface area contributed by atoms with Gasteiger partial charge in [0.2, 0.25) is 5.91 Å². The van der Waals surface area contributed by atoms with E-state index in [1.807, 2.05) is 18.7 Å². The van der Waals surface area contributed by atoms with Crippen LogP contribution < -0.4 is 0 Å². The van der Waals surface area contributed by atoms with Gasteiger partial charge in [-0.2, -0.15) is 0 Å². The summed E-state index contributed by atoms with van der Waals surface area (Å²) in [6, 6.07) is 0. The average Bonchev–Trinajstić information content (AvgIpc) is 2.11. The molecule has 0 aliphatic carbocycles. The third kappa shape index (κ3) is 3.44. The molecule has 0 aliphatic rings. The molecule has 0 N–H and O–H groups in total. The highest BCUT2D eigenvalue weighted by Gasteiger charge is 2.16. The van der Waals surface area contributed by atoms with E-state index in [-0.39, 0.29) is 11.8 Å². The number of alkyl halides is 1. The van der Waals surface area contributed by atoms with Gasteiger partial charge in [0.05, 0.1) is 0 Å². The molecule has 1 amide bonds. The minimum Gasteiger partial charge on any atom is -0.343 e. The fourth-order valence-electron chi connectivity index (χ4n) is 1.07. The van der Waals surface area contributed by atoms with Gasteiger partial charge < -0.3 is 4.90 Å².